The molecule has 3 heterocycles. The normalized spacial score (nSPS) is 27.7. The molecule has 2 aromatic rings. The maximum absolute atomic E-state index is 12.3. The number of nitrogens with zero attached hydrogens (tertiary/aromatic N) is 2. The molecule has 1 aromatic carbocycles. The summed E-state index contributed by atoms with van der Waals surface area (Å²) in [5, 5.41) is 16.3. The number of benzene rings is 1. The van der Waals surface area contributed by atoms with E-state index in [1.54, 1.807) is 6.20 Å². The quantitative estimate of drug-likeness (QED) is 0.727. The van der Waals surface area contributed by atoms with E-state index in [1.807, 2.05) is 29.6 Å². The third-order valence-corrected chi connectivity index (χ3v) is 6.42. The first kappa shape index (κ1) is 21.7. The van der Waals surface area contributed by atoms with Crippen LogP contribution in [-0.2, 0) is 20.8 Å². The second-order valence-electron chi connectivity index (χ2n) is 7.78. The highest BCUT2D eigenvalue weighted by molar-refractivity contribution is 7.13. The molecule has 2 saturated heterocycles. The van der Waals surface area contributed by atoms with Crippen molar-refractivity contribution in [2.45, 2.75) is 50.2 Å². The summed E-state index contributed by atoms with van der Waals surface area (Å²) < 4.78 is 12.0. The zero-order valence-electron chi connectivity index (χ0n) is 16.6. The zero-order chi connectivity index (χ0) is 20.9. The van der Waals surface area contributed by atoms with Gasteiger partial charge in [0.05, 0.1) is 37.9 Å². The number of thiazole rings is 1. The number of ether oxygens (including phenoxy) is 2. The summed E-state index contributed by atoms with van der Waals surface area (Å²) in [6.07, 6.45) is 2.77. The molecule has 2 N–H and O–H groups in total. The molecular formula is C21H26ClN3O4S. The number of aliphatic hydroxyl groups is 1. The van der Waals surface area contributed by atoms with Gasteiger partial charge in [0.15, 0.2) is 5.13 Å². The zero-order valence-corrected chi connectivity index (χ0v) is 18.1. The highest BCUT2D eigenvalue weighted by atomic mass is 35.5. The molecule has 2 aliphatic heterocycles. The van der Waals surface area contributed by atoms with Gasteiger partial charge in [-0.3, -0.25) is 9.69 Å². The summed E-state index contributed by atoms with van der Waals surface area (Å²) in [7, 11) is 0. The van der Waals surface area contributed by atoms with Crippen molar-refractivity contribution in [1.82, 2.24) is 9.88 Å². The number of hydrogen-bond acceptors (Lipinski definition) is 7. The van der Waals surface area contributed by atoms with Gasteiger partial charge in [0.1, 0.15) is 0 Å². The summed E-state index contributed by atoms with van der Waals surface area (Å²) in [4.78, 5) is 18.7. The van der Waals surface area contributed by atoms with E-state index in [9.17, 15) is 9.90 Å². The molecule has 0 bridgehead atoms. The average molecular weight is 452 g/mol. The van der Waals surface area contributed by atoms with Gasteiger partial charge in [-0.2, -0.15) is 0 Å². The standard InChI is InChI=1S/C21H26ClN3O4S/c22-15-3-1-14(2-4-15)10-25-11-16(26)12-28-13-19-18(25)6-5-17(29-19)9-20(27)24-21-23-7-8-30-21/h1-4,7-8,16-19,26H,5-6,9-13H2,(H,23,24,27)/t16-,17-,18+,19-/m1/s1. The maximum Gasteiger partial charge on any atom is 0.228 e. The van der Waals surface area contributed by atoms with Gasteiger partial charge in [0.2, 0.25) is 5.91 Å². The molecule has 162 valence electrons. The number of anilines is 1. The van der Waals surface area contributed by atoms with Crippen molar-refractivity contribution in [2.75, 3.05) is 25.1 Å². The fraction of sp³-hybridized carbons (Fsp3) is 0.524. The van der Waals surface area contributed by atoms with Crippen LogP contribution in [0.5, 0.6) is 0 Å². The lowest BCUT2D eigenvalue weighted by molar-refractivity contribution is -0.156. The third kappa shape index (κ3) is 5.78. The molecule has 0 radical (unpaired) electrons. The first-order valence-electron chi connectivity index (χ1n) is 10.2. The van der Waals surface area contributed by atoms with Gasteiger partial charge >= 0.3 is 0 Å². The Morgan fingerprint density at radius 1 is 1.30 bits per heavy atom. The Kier molecular flexibility index (Phi) is 7.35. The van der Waals surface area contributed by atoms with E-state index in [2.05, 4.69) is 15.2 Å². The third-order valence-electron chi connectivity index (χ3n) is 5.48. The first-order chi connectivity index (χ1) is 14.6. The number of nitrogens with one attached hydrogen (secondary N) is 1. The summed E-state index contributed by atoms with van der Waals surface area (Å²) in [6, 6.07) is 7.90. The van der Waals surface area contributed by atoms with Gasteiger partial charge in [-0.1, -0.05) is 23.7 Å². The van der Waals surface area contributed by atoms with Crippen LogP contribution in [0.25, 0.3) is 0 Å². The molecular weight excluding hydrogens is 426 g/mol. The average Bonchev–Trinajstić information content (AvgIpc) is 3.21. The van der Waals surface area contributed by atoms with Crippen LogP contribution < -0.4 is 5.32 Å². The SMILES string of the molecule is O=C(C[C@H]1CC[C@H]2[C@@H](COC[C@H](O)CN2Cc2ccc(Cl)cc2)O1)Nc1nccs1. The minimum atomic E-state index is -0.542. The Labute approximate surface area is 185 Å². The van der Waals surface area contributed by atoms with E-state index in [1.165, 1.54) is 11.3 Å². The molecule has 4 atom stereocenters. The number of β-amino-alcohol motifs (C(OH)–C–C–N with tert-alkyl or cyclic N) is 1. The summed E-state index contributed by atoms with van der Waals surface area (Å²) in [6.45, 7) is 1.90. The van der Waals surface area contributed by atoms with Gasteiger partial charge in [0, 0.05) is 35.7 Å². The lowest BCUT2D eigenvalue weighted by Gasteiger charge is -2.44. The van der Waals surface area contributed by atoms with E-state index in [-0.39, 0.29) is 30.8 Å². The van der Waals surface area contributed by atoms with Gasteiger partial charge in [-0.05, 0) is 30.5 Å². The minimum Gasteiger partial charge on any atom is -0.389 e. The van der Waals surface area contributed by atoms with Crippen molar-refractivity contribution in [2.24, 2.45) is 0 Å². The number of aromatic nitrogens is 1. The number of hydrogen-bond donors (Lipinski definition) is 2. The number of fused-ring (bicyclic) bond motifs is 1. The molecule has 1 aromatic heterocycles. The van der Waals surface area contributed by atoms with Crippen LogP contribution in [0.2, 0.25) is 5.02 Å². The van der Waals surface area contributed by atoms with Crippen LogP contribution in [0.4, 0.5) is 5.13 Å². The van der Waals surface area contributed by atoms with Crippen molar-refractivity contribution >= 4 is 34.0 Å². The topological polar surface area (TPSA) is 83.9 Å². The number of rotatable bonds is 5. The predicted octanol–water partition coefficient (Wildman–Crippen LogP) is 2.93. The molecule has 0 unspecified atom stereocenters. The van der Waals surface area contributed by atoms with E-state index in [4.69, 9.17) is 21.1 Å². The van der Waals surface area contributed by atoms with Gasteiger partial charge < -0.3 is 19.9 Å². The van der Waals surface area contributed by atoms with Crippen molar-refractivity contribution in [3.8, 4) is 0 Å². The Hall–Kier alpha value is -1.55. The highest BCUT2D eigenvalue weighted by Crippen LogP contribution is 2.29. The lowest BCUT2D eigenvalue weighted by atomic mass is 9.94. The first-order valence-corrected chi connectivity index (χ1v) is 11.4. The van der Waals surface area contributed by atoms with Crippen LogP contribution in [0, 0.1) is 0 Å². The number of carbonyl (C=O) groups excluding carboxylic acids is 1. The fourth-order valence-electron chi connectivity index (χ4n) is 4.11. The van der Waals surface area contributed by atoms with Crippen molar-refractivity contribution < 1.29 is 19.4 Å². The van der Waals surface area contributed by atoms with Crippen LogP contribution in [0.3, 0.4) is 0 Å². The van der Waals surface area contributed by atoms with Gasteiger partial charge in [0.25, 0.3) is 0 Å². The molecule has 9 heteroatoms. The Morgan fingerprint density at radius 2 is 2.13 bits per heavy atom. The minimum absolute atomic E-state index is 0.0893. The number of carbonyl (C=O) groups is 1. The van der Waals surface area contributed by atoms with Gasteiger partial charge in [-0.25, -0.2) is 4.98 Å². The van der Waals surface area contributed by atoms with E-state index < -0.39 is 6.10 Å². The van der Waals surface area contributed by atoms with Crippen molar-refractivity contribution in [1.29, 1.82) is 0 Å². The van der Waals surface area contributed by atoms with Crippen LogP contribution >= 0.6 is 22.9 Å². The Bertz CT molecular complexity index is 820. The second kappa shape index (κ2) is 10.2. The van der Waals surface area contributed by atoms with E-state index in [0.29, 0.717) is 36.3 Å². The number of halogens is 1. The van der Waals surface area contributed by atoms with Crippen LogP contribution in [0.15, 0.2) is 35.8 Å². The second-order valence-corrected chi connectivity index (χ2v) is 9.11. The summed E-state index contributed by atoms with van der Waals surface area (Å²) in [5.41, 5.74) is 1.14. The van der Waals surface area contributed by atoms with E-state index >= 15 is 0 Å². The largest absolute Gasteiger partial charge is 0.389 e. The maximum atomic E-state index is 12.3. The molecule has 0 aliphatic carbocycles. The van der Waals surface area contributed by atoms with Crippen molar-refractivity contribution in [3.63, 3.8) is 0 Å². The number of aliphatic hydroxyl groups excluding tert-OH is 1. The van der Waals surface area contributed by atoms with Crippen molar-refractivity contribution in [3.05, 3.63) is 46.4 Å². The number of amides is 1. The molecule has 0 saturated carbocycles. The fourth-order valence-corrected chi connectivity index (χ4v) is 4.79. The molecule has 2 aliphatic rings. The Balaban J connectivity index is 1.39. The lowest BCUT2D eigenvalue weighted by Crippen LogP contribution is -2.55. The molecule has 1 amide bonds. The van der Waals surface area contributed by atoms with Gasteiger partial charge in [-0.15, -0.1) is 11.3 Å². The summed E-state index contributed by atoms with van der Waals surface area (Å²) >= 11 is 7.41. The monoisotopic (exact) mass is 451 g/mol. The molecule has 30 heavy (non-hydrogen) atoms. The molecule has 2 fully saturated rings. The predicted molar refractivity (Wildman–Crippen MR) is 116 cm³/mol. The van der Waals surface area contributed by atoms with Crippen LogP contribution in [-0.4, -0.2) is 65.0 Å². The summed E-state index contributed by atoms with van der Waals surface area (Å²) in [5.74, 6) is -0.0893. The van der Waals surface area contributed by atoms with Crippen LogP contribution in [0.1, 0.15) is 24.8 Å². The highest BCUT2D eigenvalue weighted by Gasteiger charge is 2.38. The molecule has 7 nitrogen and oxygen atoms in total. The molecule has 4 rings (SSSR count). The smallest absolute Gasteiger partial charge is 0.228 e. The molecule has 0 spiro atoms. The Morgan fingerprint density at radius 3 is 2.90 bits per heavy atom. The van der Waals surface area contributed by atoms with E-state index in [0.717, 1.165) is 18.4 Å².